The Bertz CT molecular complexity index is 954. The van der Waals surface area contributed by atoms with Crippen LogP contribution in [0.2, 0.25) is 10.0 Å². The second-order valence-corrected chi connectivity index (χ2v) is 9.67. The van der Waals surface area contributed by atoms with Gasteiger partial charge in [-0.1, -0.05) is 71.3 Å². The minimum absolute atomic E-state index is 0.0205. The van der Waals surface area contributed by atoms with Crippen LogP contribution in [0.25, 0.3) is 5.57 Å². The second-order valence-electron chi connectivity index (χ2n) is 8.86. The van der Waals surface area contributed by atoms with Crippen molar-refractivity contribution in [2.24, 2.45) is 22.6 Å². The Morgan fingerprint density at radius 3 is 2.21 bits per heavy atom. The van der Waals surface area contributed by atoms with E-state index in [4.69, 9.17) is 33.7 Å². The van der Waals surface area contributed by atoms with Crippen LogP contribution >= 0.6 is 23.2 Å². The summed E-state index contributed by atoms with van der Waals surface area (Å²) in [7, 11) is 0. The summed E-state index contributed by atoms with van der Waals surface area (Å²) in [6, 6.07) is 3.58. The highest BCUT2D eigenvalue weighted by Crippen LogP contribution is 2.38. The second kappa shape index (κ2) is 19.1. The van der Waals surface area contributed by atoms with Crippen molar-refractivity contribution in [3.8, 4) is 5.75 Å². The van der Waals surface area contributed by atoms with Gasteiger partial charge in [0.25, 0.3) is 0 Å². The van der Waals surface area contributed by atoms with Gasteiger partial charge in [0, 0.05) is 35.3 Å². The van der Waals surface area contributed by atoms with Crippen molar-refractivity contribution in [1.29, 1.82) is 0 Å². The summed E-state index contributed by atoms with van der Waals surface area (Å²) in [5.74, 6) is 0.326. The monoisotopic (exact) mass is 568 g/mol. The van der Waals surface area contributed by atoms with Crippen LogP contribution in [0.15, 0.2) is 35.1 Å². The van der Waals surface area contributed by atoms with E-state index in [0.29, 0.717) is 34.7 Å². The van der Waals surface area contributed by atoms with Gasteiger partial charge in [-0.15, -0.1) is 0 Å². The topological polar surface area (TPSA) is 80.0 Å². The molecule has 2 rings (SSSR count). The summed E-state index contributed by atoms with van der Waals surface area (Å²) in [6.45, 7) is 25.6. The molecule has 1 amide bonds. The molecule has 1 aromatic carbocycles. The molecule has 1 aliphatic heterocycles. The fraction of sp³-hybridized carbons (Fsp3) is 0.600. The van der Waals surface area contributed by atoms with Gasteiger partial charge in [-0.2, -0.15) is 0 Å². The molecular formula is C30H50Cl2N4O2. The molecule has 1 saturated heterocycles. The molecule has 216 valence electrons. The van der Waals surface area contributed by atoms with E-state index in [1.165, 1.54) is 12.8 Å². The quantitative estimate of drug-likeness (QED) is 0.269. The number of aliphatic imine (C=N–C) groups is 1. The molecule has 0 radical (unpaired) electrons. The van der Waals surface area contributed by atoms with E-state index in [2.05, 4.69) is 21.8 Å². The third kappa shape index (κ3) is 11.0. The minimum atomic E-state index is -0.289. The van der Waals surface area contributed by atoms with Gasteiger partial charge in [0.2, 0.25) is 5.91 Å². The predicted octanol–water partition coefficient (Wildman–Crippen LogP) is 7.59. The normalized spacial score (nSPS) is 15.7. The van der Waals surface area contributed by atoms with Crippen molar-refractivity contribution < 1.29 is 9.53 Å². The van der Waals surface area contributed by atoms with Gasteiger partial charge in [-0.05, 0) is 75.9 Å². The van der Waals surface area contributed by atoms with E-state index in [-0.39, 0.29) is 23.6 Å². The Morgan fingerprint density at radius 2 is 1.68 bits per heavy atom. The fourth-order valence-electron chi connectivity index (χ4n) is 4.39. The number of ether oxygens (including phenoxy) is 1. The van der Waals surface area contributed by atoms with Gasteiger partial charge in [-0.3, -0.25) is 9.69 Å². The van der Waals surface area contributed by atoms with E-state index in [1.54, 1.807) is 6.07 Å². The van der Waals surface area contributed by atoms with Crippen LogP contribution in [0.5, 0.6) is 5.75 Å². The molecule has 0 bridgehead atoms. The first-order chi connectivity index (χ1) is 18.1. The van der Waals surface area contributed by atoms with Crippen LogP contribution < -0.4 is 15.8 Å². The molecular weight excluding hydrogens is 519 g/mol. The number of nitrogens with zero attached hydrogens (tertiary/aromatic N) is 2. The number of hydrogen-bond donors (Lipinski definition) is 2. The first-order valence-corrected chi connectivity index (χ1v) is 14.6. The van der Waals surface area contributed by atoms with E-state index < -0.39 is 0 Å². The summed E-state index contributed by atoms with van der Waals surface area (Å²) in [5, 5.41) is 3.87. The summed E-state index contributed by atoms with van der Waals surface area (Å²) >= 11 is 13.1. The zero-order valence-electron chi connectivity index (χ0n) is 25.0. The highest BCUT2D eigenvalue weighted by Gasteiger charge is 2.27. The number of carbonyl (C=O) groups is 1. The third-order valence-electron chi connectivity index (χ3n) is 6.36. The Balaban J connectivity index is 0.00000326. The zero-order valence-corrected chi connectivity index (χ0v) is 26.5. The number of allylic oxidation sites excluding steroid dienone is 2. The minimum Gasteiger partial charge on any atom is -0.491 e. The summed E-state index contributed by atoms with van der Waals surface area (Å²) < 4.78 is 6.04. The molecule has 0 saturated carbocycles. The van der Waals surface area contributed by atoms with Gasteiger partial charge in [0.15, 0.2) is 0 Å². The van der Waals surface area contributed by atoms with Gasteiger partial charge >= 0.3 is 0 Å². The smallest absolute Gasteiger partial charge is 0.223 e. The molecule has 8 heteroatoms. The van der Waals surface area contributed by atoms with Crippen LogP contribution in [0.4, 0.5) is 0 Å². The van der Waals surface area contributed by atoms with Gasteiger partial charge in [0.05, 0.1) is 5.02 Å². The Hall–Kier alpha value is -2.02. The molecule has 2 unspecified atom stereocenters. The van der Waals surface area contributed by atoms with E-state index in [0.717, 1.165) is 36.3 Å². The highest BCUT2D eigenvalue weighted by atomic mass is 35.5. The standard InChI is InChI=1S/C26H38Cl2N4O2.2C2H6/c1-7-30-26(33)17(3)16(2)25(19(5)31-20(6)29)18(4)21-14-24(23(28)15-22(21)27)34-13-12-32-10-8-9-11-32;2*1-2/h14-17H,6-13,29H2,1-5H3,(H,30,33);2*1-2H3/b25-18+,31-19-;;. The maximum Gasteiger partial charge on any atom is 0.223 e. The highest BCUT2D eigenvalue weighted by molar-refractivity contribution is 6.36. The maximum atomic E-state index is 12.6. The number of benzene rings is 1. The molecule has 1 aliphatic rings. The zero-order chi connectivity index (χ0) is 29.4. The van der Waals surface area contributed by atoms with Crippen LogP contribution in [-0.2, 0) is 4.79 Å². The fourth-order valence-corrected chi connectivity index (χ4v) is 4.97. The Labute approximate surface area is 241 Å². The third-order valence-corrected chi connectivity index (χ3v) is 6.97. The van der Waals surface area contributed by atoms with Gasteiger partial charge in [-0.25, -0.2) is 4.99 Å². The number of carbonyl (C=O) groups excluding carboxylic acids is 1. The molecule has 1 aromatic rings. The lowest BCUT2D eigenvalue weighted by Crippen LogP contribution is -2.34. The van der Waals surface area contributed by atoms with E-state index >= 15 is 0 Å². The number of hydrogen-bond acceptors (Lipinski definition) is 5. The van der Waals surface area contributed by atoms with Crippen LogP contribution in [0.3, 0.4) is 0 Å². The molecule has 6 nitrogen and oxygen atoms in total. The van der Waals surface area contributed by atoms with Crippen molar-refractivity contribution in [2.75, 3.05) is 32.8 Å². The summed E-state index contributed by atoms with van der Waals surface area (Å²) in [6.07, 6.45) is 2.48. The molecule has 0 aliphatic carbocycles. The molecule has 2 atom stereocenters. The molecule has 38 heavy (non-hydrogen) atoms. The summed E-state index contributed by atoms with van der Waals surface area (Å²) in [5.41, 5.74) is 9.03. The number of nitrogens with two attached hydrogens (primary N) is 1. The number of nitrogens with one attached hydrogen (secondary N) is 1. The first kappa shape index (κ1) is 36.0. The number of rotatable bonds is 11. The van der Waals surface area contributed by atoms with E-state index in [9.17, 15) is 4.79 Å². The largest absolute Gasteiger partial charge is 0.491 e. The Morgan fingerprint density at radius 1 is 1.11 bits per heavy atom. The predicted molar refractivity (Wildman–Crippen MR) is 166 cm³/mol. The molecule has 0 spiro atoms. The summed E-state index contributed by atoms with van der Waals surface area (Å²) in [4.78, 5) is 19.4. The molecule has 3 N–H and O–H groups in total. The first-order valence-electron chi connectivity index (χ1n) is 13.9. The van der Waals surface area contributed by atoms with Gasteiger partial charge in [0.1, 0.15) is 18.2 Å². The van der Waals surface area contributed by atoms with Crippen molar-refractivity contribution in [3.05, 3.63) is 45.7 Å². The lowest BCUT2D eigenvalue weighted by molar-refractivity contribution is -0.125. The SMILES string of the molecule is C=C(N)/N=C(C)\C(=C(/C)c1cc(OCCN2CCCC2)c(Cl)cc1Cl)C(C)C(C)C(=O)NCC.CC.CC. The number of likely N-dealkylation sites (tertiary alicyclic amines) is 1. The molecule has 0 aromatic heterocycles. The van der Waals surface area contributed by atoms with Crippen molar-refractivity contribution in [2.45, 2.75) is 75.2 Å². The molecule has 1 heterocycles. The van der Waals surface area contributed by atoms with Crippen LogP contribution in [0.1, 0.15) is 80.7 Å². The van der Waals surface area contributed by atoms with Crippen LogP contribution in [-0.4, -0.2) is 49.3 Å². The van der Waals surface area contributed by atoms with Crippen molar-refractivity contribution in [3.63, 3.8) is 0 Å². The number of amides is 1. The average Bonchev–Trinajstić information content (AvgIpc) is 3.40. The van der Waals surface area contributed by atoms with E-state index in [1.807, 2.05) is 68.4 Å². The van der Waals surface area contributed by atoms with Gasteiger partial charge < -0.3 is 15.8 Å². The maximum absolute atomic E-state index is 12.6. The van der Waals surface area contributed by atoms with Crippen molar-refractivity contribution in [1.82, 2.24) is 10.2 Å². The molecule has 1 fully saturated rings. The average molecular weight is 570 g/mol. The Kier molecular flexibility index (Phi) is 18.1. The lowest BCUT2D eigenvalue weighted by atomic mass is 9.81. The van der Waals surface area contributed by atoms with Crippen LogP contribution in [0, 0.1) is 11.8 Å². The lowest BCUT2D eigenvalue weighted by Gasteiger charge is -2.25. The van der Waals surface area contributed by atoms with Crippen molar-refractivity contribution >= 4 is 40.4 Å². The number of halogens is 2.